The zero-order valence-corrected chi connectivity index (χ0v) is 20.7. The van der Waals surface area contributed by atoms with E-state index in [4.69, 9.17) is 26.7 Å². The summed E-state index contributed by atoms with van der Waals surface area (Å²) in [5.74, 6) is 6.80. The van der Waals surface area contributed by atoms with Crippen LogP contribution in [0.5, 0.6) is 11.5 Å². The number of amides is 1. The number of fused-ring (bicyclic) bond motifs is 1. The molecule has 2 aromatic carbocycles. The van der Waals surface area contributed by atoms with Gasteiger partial charge in [-0.1, -0.05) is 17.9 Å². The van der Waals surface area contributed by atoms with E-state index in [9.17, 15) is 9.59 Å². The lowest BCUT2D eigenvalue weighted by atomic mass is 9.97. The summed E-state index contributed by atoms with van der Waals surface area (Å²) in [7, 11) is 3.11. The molecule has 0 saturated heterocycles. The first kappa shape index (κ1) is 25.1. The van der Waals surface area contributed by atoms with Crippen molar-refractivity contribution in [2.75, 3.05) is 25.7 Å². The van der Waals surface area contributed by atoms with E-state index in [0.29, 0.717) is 51.2 Å². The van der Waals surface area contributed by atoms with Crippen LogP contribution in [-0.4, -0.2) is 34.7 Å². The van der Waals surface area contributed by atoms with Gasteiger partial charge in [0.1, 0.15) is 11.4 Å². The molecule has 0 radical (unpaired) electrons. The maximum Gasteiger partial charge on any atom is 0.254 e. The number of carbonyl (C=O) groups is 1. The monoisotopic (exact) mass is 498 g/mol. The molecule has 0 spiro atoms. The van der Waals surface area contributed by atoms with E-state index < -0.39 is 11.3 Å². The van der Waals surface area contributed by atoms with Crippen molar-refractivity contribution in [3.63, 3.8) is 0 Å². The Morgan fingerprint density at radius 1 is 1.11 bits per heavy atom. The van der Waals surface area contributed by atoms with E-state index in [0.717, 1.165) is 0 Å². The van der Waals surface area contributed by atoms with E-state index >= 15 is 0 Å². The second kappa shape index (κ2) is 10.3. The number of rotatable bonds is 6. The first-order valence-electron chi connectivity index (χ1n) is 11.4. The number of primary amides is 1. The van der Waals surface area contributed by atoms with E-state index in [1.807, 2.05) is 19.1 Å². The standard InChI is InChI=1S/C27H26N6O4/c1-4-33-14-19(26(29)35)23(34)22-17(12-18-13-31-27(30)32-25(18)28)10-15(11-20(22)33)8-9-16-6-5-7-21(36-2)24(16)37-3/h5-7,10-11,13-14H,4,12H2,1-3H3,(H2,29,35)(H4,28,30,31,32). The summed E-state index contributed by atoms with van der Waals surface area (Å²) in [5.41, 5.74) is 19.7. The summed E-state index contributed by atoms with van der Waals surface area (Å²) in [6.07, 6.45) is 3.20. The summed E-state index contributed by atoms with van der Waals surface area (Å²) in [5, 5.41) is 0.346. The second-order valence-electron chi connectivity index (χ2n) is 8.16. The second-order valence-corrected chi connectivity index (χ2v) is 8.16. The zero-order chi connectivity index (χ0) is 26.7. The van der Waals surface area contributed by atoms with Crippen LogP contribution in [0.4, 0.5) is 11.8 Å². The van der Waals surface area contributed by atoms with Crippen LogP contribution in [0.15, 0.2) is 47.5 Å². The molecule has 2 aromatic heterocycles. The van der Waals surface area contributed by atoms with Crippen molar-refractivity contribution in [3.8, 4) is 23.3 Å². The van der Waals surface area contributed by atoms with Crippen LogP contribution in [0.1, 0.15) is 39.5 Å². The lowest BCUT2D eigenvalue weighted by Gasteiger charge is -2.15. The van der Waals surface area contributed by atoms with Crippen LogP contribution < -0.4 is 32.1 Å². The lowest BCUT2D eigenvalue weighted by molar-refractivity contribution is 0.0998. The summed E-state index contributed by atoms with van der Waals surface area (Å²) >= 11 is 0. The highest BCUT2D eigenvalue weighted by molar-refractivity contribution is 5.97. The molecule has 4 aromatic rings. The predicted molar refractivity (Wildman–Crippen MR) is 142 cm³/mol. The van der Waals surface area contributed by atoms with E-state index in [-0.39, 0.29) is 23.8 Å². The Morgan fingerprint density at radius 2 is 1.89 bits per heavy atom. The molecule has 1 amide bonds. The summed E-state index contributed by atoms with van der Waals surface area (Å²) < 4.78 is 12.6. The Morgan fingerprint density at radius 3 is 2.54 bits per heavy atom. The molecule has 0 aliphatic rings. The highest BCUT2D eigenvalue weighted by atomic mass is 16.5. The Hall–Kier alpha value is -5.04. The van der Waals surface area contributed by atoms with Crippen molar-refractivity contribution in [2.24, 2.45) is 5.73 Å². The van der Waals surface area contributed by atoms with Crippen LogP contribution >= 0.6 is 0 Å². The third kappa shape index (κ3) is 4.88. The summed E-state index contributed by atoms with van der Waals surface area (Å²) in [6.45, 7) is 2.39. The number of hydrogen-bond donors (Lipinski definition) is 3. The number of pyridine rings is 1. The molecule has 0 fully saturated rings. The van der Waals surface area contributed by atoms with Crippen LogP contribution in [0.2, 0.25) is 0 Å². The number of aryl methyl sites for hydroxylation is 1. The molecular formula is C27H26N6O4. The van der Waals surface area contributed by atoms with Crippen molar-refractivity contribution < 1.29 is 14.3 Å². The fourth-order valence-corrected chi connectivity index (χ4v) is 4.14. The number of aromatic nitrogens is 3. The fraction of sp³-hybridized carbons (Fsp3) is 0.185. The van der Waals surface area contributed by atoms with Gasteiger partial charge in [0.15, 0.2) is 11.5 Å². The van der Waals surface area contributed by atoms with Crippen molar-refractivity contribution in [2.45, 2.75) is 19.9 Å². The lowest BCUT2D eigenvalue weighted by Crippen LogP contribution is -2.25. The normalized spacial score (nSPS) is 10.6. The van der Waals surface area contributed by atoms with Crippen LogP contribution in [0.25, 0.3) is 10.9 Å². The van der Waals surface area contributed by atoms with Gasteiger partial charge in [-0.05, 0) is 36.8 Å². The molecule has 0 atom stereocenters. The Kier molecular flexibility index (Phi) is 6.97. The van der Waals surface area contributed by atoms with Gasteiger partial charge in [-0.3, -0.25) is 9.59 Å². The molecule has 6 N–H and O–H groups in total. The molecule has 0 bridgehead atoms. The minimum Gasteiger partial charge on any atom is -0.493 e. The average Bonchev–Trinajstić information content (AvgIpc) is 2.88. The van der Waals surface area contributed by atoms with Crippen LogP contribution in [-0.2, 0) is 13.0 Å². The number of benzene rings is 2. The number of hydrogen-bond acceptors (Lipinski definition) is 8. The minimum absolute atomic E-state index is 0.0438. The first-order valence-corrected chi connectivity index (χ1v) is 11.4. The molecule has 0 saturated carbocycles. The van der Waals surface area contributed by atoms with Gasteiger partial charge in [0.25, 0.3) is 5.91 Å². The van der Waals surface area contributed by atoms with Crippen molar-refractivity contribution in [1.82, 2.24) is 14.5 Å². The molecule has 2 heterocycles. The number of nitrogens with two attached hydrogens (primary N) is 3. The molecule has 0 aliphatic carbocycles. The predicted octanol–water partition coefficient (Wildman–Crippen LogP) is 2.08. The minimum atomic E-state index is -0.802. The smallest absolute Gasteiger partial charge is 0.254 e. The average molecular weight is 499 g/mol. The van der Waals surface area contributed by atoms with Crippen molar-refractivity contribution in [1.29, 1.82) is 0 Å². The van der Waals surface area contributed by atoms with Gasteiger partial charge in [0.05, 0.1) is 30.7 Å². The number of anilines is 2. The van der Waals surface area contributed by atoms with Gasteiger partial charge < -0.3 is 31.2 Å². The Bertz CT molecular complexity index is 1650. The maximum atomic E-state index is 13.4. The number of ether oxygens (including phenoxy) is 2. The fourth-order valence-electron chi connectivity index (χ4n) is 4.14. The third-order valence-electron chi connectivity index (χ3n) is 5.91. The van der Waals surface area contributed by atoms with E-state index in [1.165, 1.54) is 12.4 Å². The topological polar surface area (TPSA) is 161 Å². The van der Waals surface area contributed by atoms with Gasteiger partial charge in [-0.2, -0.15) is 4.98 Å². The highest BCUT2D eigenvalue weighted by Gasteiger charge is 2.18. The number of carbonyl (C=O) groups excluding carboxylic acids is 1. The Balaban J connectivity index is 1.98. The third-order valence-corrected chi connectivity index (χ3v) is 5.91. The van der Waals surface area contributed by atoms with E-state index in [1.54, 1.807) is 37.0 Å². The first-order chi connectivity index (χ1) is 17.8. The number of nitrogen functional groups attached to an aromatic ring is 2. The molecule has 10 heteroatoms. The van der Waals surface area contributed by atoms with Gasteiger partial charge in [0.2, 0.25) is 11.4 Å². The molecular weight excluding hydrogens is 472 g/mol. The molecule has 0 aliphatic heterocycles. The maximum absolute atomic E-state index is 13.4. The SMILES string of the molecule is CCn1cc(C(N)=O)c(=O)c2c(Cc3cnc(N)nc3N)cc(C#Cc3cccc(OC)c3OC)cc21. The number of para-hydroxylation sites is 1. The molecule has 10 nitrogen and oxygen atoms in total. The molecule has 37 heavy (non-hydrogen) atoms. The van der Waals surface area contributed by atoms with Gasteiger partial charge in [0, 0.05) is 36.5 Å². The quantitative estimate of drug-likeness (QED) is 0.340. The molecule has 0 unspecified atom stereocenters. The van der Waals surface area contributed by atoms with Gasteiger partial charge >= 0.3 is 0 Å². The van der Waals surface area contributed by atoms with Gasteiger partial charge in [-0.25, -0.2) is 4.98 Å². The summed E-state index contributed by atoms with van der Waals surface area (Å²) in [4.78, 5) is 33.5. The van der Waals surface area contributed by atoms with E-state index in [2.05, 4.69) is 21.8 Å². The Labute approximate surface area is 213 Å². The largest absolute Gasteiger partial charge is 0.493 e. The number of nitrogens with zero attached hydrogens (tertiary/aromatic N) is 3. The molecule has 188 valence electrons. The van der Waals surface area contributed by atoms with Crippen molar-refractivity contribution in [3.05, 3.63) is 80.8 Å². The van der Waals surface area contributed by atoms with Crippen LogP contribution in [0, 0.1) is 11.8 Å². The summed E-state index contributed by atoms with van der Waals surface area (Å²) in [6, 6.07) is 9.01. The number of methoxy groups -OCH3 is 2. The van der Waals surface area contributed by atoms with Crippen molar-refractivity contribution >= 4 is 28.6 Å². The van der Waals surface area contributed by atoms with Crippen LogP contribution in [0.3, 0.4) is 0 Å². The highest BCUT2D eigenvalue weighted by Crippen LogP contribution is 2.30. The molecule has 4 rings (SSSR count). The zero-order valence-electron chi connectivity index (χ0n) is 20.7. The van der Waals surface area contributed by atoms with Gasteiger partial charge in [-0.15, -0.1) is 0 Å².